The van der Waals surface area contributed by atoms with Crippen molar-refractivity contribution in [3.8, 4) is 0 Å². The van der Waals surface area contributed by atoms with Crippen LogP contribution in [0.5, 0.6) is 0 Å². The van der Waals surface area contributed by atoms with Gasteiger partial charge in [0.15, 0.2) is 0 Å². The molecule has 1 amide bonds. The summed E-state index contributed by atoms with van der Waals surface area (Å²) in [6.07, 6.45) is 1.11. The van der Waals surface area contributed by atoms with E-state index < -0.39 is 16.1 Å². The lowest BCUT2D eigenvalue weighted by Crippen LogP contribution is -2.55. The number of hydrogen-bond donors (Lipinski definition) is 0. The molecular formula is C21H26FN3O3S. The number of nitrogens with zero attached hydrogens (tertiary/aromatic N) is 3. The Morgan fingerprint density at radius 3 is 2.07 bits per heavy atom. The molecule has 0 spiro atoms. The molecule has 0 bridgehead atoms. The van der Waals surface area contributed by atoms with Gasteiger partial charge in [-0.3, -0.25) is 9.10 Å². The van der Waals surface area contributed by atoms with Crippen LogP contribution in [-0.4, -0.2) is 57.7 Å². The van der Waals surface area contributed by atoms with Crippen LogP contribution in [0.15, 0.2) is 48.5 Å². The minimum atomic E-state index is -3.63. The fraction of sp³-hybridized carbons (Fsp3) is 0.381. The summed E-state index contributed by atoms with van der Waals surface area (Å²) >= 11 is 0. The topological polar surface area (TPSA) is 60.9 Å². The molecule has 0 aromatic heterocycles. The summed E-state index contributed by atoms with van der Waals surface area (Å²) in [5, 5.41) is 0. The van der Waals surface area contributed by atoms with Crippen molar-refractivity contribution < 1.29 is 17.6 Å². The Labute approximate surface area is 171 Å². The summed E-state index contributed by atoms with van der Waals surface area (Å²) in [5.74, 6) is -0.511. The standard InChI is InChI=1S/C21H26FN3O3S/c1-16-4-8-20(9-5-16)25(29(3,27)28)17(2)21(26)24-14-12-23(13-15-24)19-10-6-18(22)7-11-19/h4-11,17H,12-15H2,1-3H3/t17-/m1/s1. The van der Waals surface area contributed by atoms with Gasteiger partial charge in [-0.2, -0.15) is 0 Å². The van der Waals surface area contributed by atoms with Gasteiger partial charge in [-0.25, -0.2) is 12.8 Å². The molecular weight excluding hydrogens is 393 g/mol. The first-order valence-electron chi connectivity index (χ1n) is 9.52. The third-order valence-corrected chi connectivity index (χ3v) is 6.38. The molecule has 0 aliphatic carbocycles. The van der Waals surface area contributed by atoms with Crippen molar-refractivity contribution in [1.29, 1.82) is 0 Å². The monoisotopic (exact) mass is 419 g/mol. The fourth-order valence-corrected chi connectivity index (χ4v) is 4.76. The summed E-state index contributed by atoms with van der Waals surface area (Å²) in [6, 6.07) is 12.5. The number of amides is 1. The lowest BCUT2D eigenvalue weighted by Gasteiger charge is -2.39. The van der Waals surface area contributed by atoms with Crippen LogP contribution in [0.2, 0.25) is 0 Å². The molecule has 6 nitrogen and oxygen atoms in total. The summed E-state index contributed by atoms with van der Waals surface area (Å²) in [7, 11) is -3.63. The largest absolute Gasteiger partial charge is 0.368 e. The van der Waals surface area contributed by atoms with E-state index in [2.05, 4.69) is 4.90 Å². The number of rotatable bonds is 5. The smallest absolute Gasteiger partial charge is 0.246 e. The second-order valence-corrected chi connectivity index (χ2v) is 9.22. The Hall–Kier alpha value is -2.61. The fourth-order valence-electron chi connectivity index (χ4n) is 3.60. The first-order chi connectivity index (χ1) is 13.7. The Morgan fingerprint density at radius 1 is 1.00 bits per heavy atom. The molecule has 0 N–H and O–H groups in total. The van der Waals surface area contributed by atoms with Gasteiger partial charge < -0.3 is 9.80 Å². The van der Waals surface area contributed by atoms with E-state index in [-0.39, 0.29) is 11.7 Å². The first-order valence-corrected chi connectivity index (χ1v) is 11.4. The number of benzene rings is 2. The van der Waals surface area contributed by atoms with Gasteiger partial charge in [-0.15, -0.1) is 0 Å². The van der Waals surface area contributed by atoms with Crippen molar-refractivity contribution in [1.82, 2.24) is 4.90 Å². The number of carbonyl (C=O) groups excluding carboxylic acids is 1. The molecule has 1 aliphatic heterocycles. The summed E-state index contributed by atoms with van der Waals surface area (Å²) in [4.78, 5) is 16.8. The highest BCUT2D eigenvalue weighted by molar-refractivity contribution is 7.92. The van der Waals surface area contributed by atoms with Gasteiger partial charge in [0, 0.05) is 31.9 Å². The van der Waals surface area contributed by atoms with Crippen LogP contribution in [0, 0.1) is 12.7 Å². The van der Waals surface area contributed by atoms with Crippen LogP contribution in [0.1, 0.15) is 12.5 Å². The number of carbonyl (C=O) groups is 1. The molecule has 3 rings (SSSR count). The number of piperazine rings is 1. The maximum atomic E-state index is 13.1. The van der Waals surface area contributed by atoms with Gasteiger partial charge in [-0.1, -0.05) is 17.7 Å². The molecule has 1 aliphatic rings. The second kappa shape index (κ2) is 8.41. The van der Waals surface area contributed by atoms with E-state index in [0.29, 0.717) is 31.9 Å². The Kier molecular flexibility index (Phi) is 6.12. The zero-order valence-electron chi connectivity index (χ0n) is 16.9. The molecule has 156 valence electrons. The van der Waals surface area contributed by atoms with Crippen molar-refractivity contribution in [2.24, 2.45) is 0 Å². The van der Waals surface area contributed by atoms with Crippen molar-refractivity contribution in [3.05, 3.63) is 59.9 Å². The van der Waals surface area contributed by atoms with Crippen molar-refractivity contribution >= 4 is 27.3 Å². The first kappa shape index (κ1) is 21.1. The van der Waals surface area contributed by atoms with Crippen molar-refractivity contribution in [2.75, 3.05) is 41.6 Å². The quantitative estimate of drug-likeness (QED) is 0.748. The zero-order valence-corrected chi connectivity index (χ0v) is 17.7. The van der Waals surface area contributed by atoms with Crippen LogP contribution in [-0.2, 0) is 14.8 Å². The normalized spacial score (nSPS) is 15.9. The van der Waals surface area contributed by atoms with E-state index in [1.807, 2.05) is 19.1 Å². The molecule has 0 saturated carbocycles. The van der Waals surface area contributed by atoms with E-state index in [1.54, 1.807) is 36.1 Å². The summed E-state index contributed by atoms with van der Waals surface area (Å²) < 4.78 is 39.2. The molecule has 29 heavy (non-hydrogen) atoms. The van der Waals surface area contributed by atoms with Crippen molar-refractivity contribution in [3.63, 3.8) is 0 Å². The van der Waals surface area contributed by atoms with Gasteiger partial charge >= 0.3 is 0 Å². The third kappa shape index (κ3) is 4.87. The summed E-state index contributed by atoms with van der Waals surface area (Å²) in [5.41, 5.74) is 2.39. The van der Waals surface area contributed by atoms with Crippen LogP contribution in [0.4, 0.5) is 15.8 Å². The number of aryl methyl sites for hydroxylation is 1. The highest BCUT2D eigenvalue weighted by Gasteiger charge is 2.33. The molecule has 2 aromatic rings. The lowest BCUT2D eigenvalue weighted by atomic mass is 10.2. The number of anilines is 2. The minimum absolute atomic E-state index is 0.227. The maximum absolute atomic E-state index is 13.1. The summed E-state index contributed by atoms with van der Waals surface area (Å²) in [6.45, 7) is 5.71. The minimum Gasteiger partial charge on any atom is -0.368 e. The van der Waals surface area contributed by atoms with E-state index in [0.717, 1.165) is 17.5 Å². The van der Waals surface area contributed by atoms with Crippen molar-refractivity contribution in [2.45, 2.75) is 19.9 Å². The van der Waals surface area contributed by atoms with Gasteiger partial charge in [0.25, 0.3) is 0 Å². The van der Waals surface area contributed by atoms with E-state index in [1.165, 1.54) is 16.4 Å². The Bertz CT molecular complexity index is 954. The molecule has 1 fully saturated rings. The number of hydrogen-bond acceptors (Lipinski definition) is 4. The molecule has 1 saturated heterocycles. The average molecular weight is 420 g/mol. The maximum Gasteiger partial charge on any atom is 0.246 e. The van der Waals surface area contributed by atoms with E-state index in [4.69, 9.17) is 0 Å². The van der Waals surface area contributed by atoms with Crippen LogP contribution >= 0.6 is 0 Å². The average Bonchev–Trinajstić information content (AvgIpc) is 2.69. The molecule has 1 atom stereocenters. The molecule has 8 heteroatoms. The predicted octanol–water partition coefficient (Wildman–Crippen LogP) is 2.64. The Balaban J connectivity index is 1.71. The van der Waals surface area contributed by atoms with Gasteiger partial charge in [0.2, 0.25) is 15.9 Å². The lowest BCUT2D eigenvalue weighted by molar-refractivity contribution is -0.132. The number of halogens is 1. The molecule has 0 radical (unpaired) electrons. The molecule has 1 heterocycles. The zero-order chi connectivity index (χ0) is 21.2. The van der Waals surface area contributed by atoms with Gasteiger partial charge in [0.05, 0.1) is 11.9 Å². The van der Waals surface area contributed by atoms with E-state index in [9.17, 15) is 17.6 Å². The molecule has 2 aromatic carbocycles. The third-order valence-electron chi connectivity index (χ3n) is 5.14. The highest BCUT2D eigenvalue weighted by atomic mass is 32.2. The van der Waals surface area contributed by atoms with Crippen LogP contribution in [0.3, 0.4) is 0 Å². The van der Waals surface area contributed by atoms with Crippen LogP contribution in [0.25, 0.3) is 0 Å². The SMILES string of the molecule is Cc1ccc(N([C@H](C)C(=O)N2CCN(c3ccc(F)cc3)CC2)S(C)(=O)=O)cc1. The molecule has 0 unspecified atom stereocenters. The second-order valence-electron chi connectivity index (χ2n) is 7.36. The van der Waals surface area contributed by atoms with Gasteiger partial charge in [-0.05, 0) is 50.2 Å². The number of sulfonamides is 1. The Morgan fingerprint density at radius 2 is 1.55 bits per heavy atom. The van der Waals surface area contributed by atoms with Crippen LogP contribution < -0.4 is 9.21 Å². The van der Waals surface area contributed by atoms with E-state index >= 15 is 0 Å². The highest BCUT2D eigenvalue weighted by Crippen LogP contribution is 2.23. The van der Waals surface area contributed by atoms with Gasteiger partial charge in [0.1, 0.15) is 11.9 Å². The predicted molar refractivity (Wildman–Crippen MR) is 113 cm³/mol.